The van der Waals surface area contributed by atoms with Gasteiger partial charge in [0.05, 0.1) is 12.3 Å². The van der Waals surface area contributed by atoms with Gasteiger partial charge >= 0.3 is 0 Å². The first-order chi connectivity index (χ1) is 10.5. The molecule has 2 aromatic rings. The molecule has 1 saturated carbocycles. The number of hydrogen-bond donors (Lipinski definition) is 1. The van der Waals surface area contributed by atoms with Gasteiger partial charge in [0.2, 0.25) is 0 Å². The Balaban J connectivity index is 2.00. The first-order valence-corrected chi connectivity index (χ1v) is 8.11. The minimum Gasteiger partial charge on any atom is -0.396 e. The second-order valence-electron chi connectivity index (χ2n) is 6.92. The number of aliphatic hydroxyl groups excluding tert-OH is 1. The maximum Gasteiger partial charge on any atom is 0.160 e. The molecule has 0 bridgehead atoms. The van der Waals surface area contributed by atoms with Gasteiger partial charge in [0.25, 0.3) is 0 Å². The minimum atomic E-state index is 0.0372. The summed E-state index contributed by atoms with van der Waals surface area (Å²) in [5.74, 6) is 1.05. The van der Waals surface area contributed by atoms with E-state index in [-0.39, 0.29) is 12.0 Å². The van der Waals surface area contributed by atoms with Gasteiger partial charge in [-0.05, 0) is 33.6 Å². The van der Waals surface area contributed by atoms with Crippen molar-refractivity contribution in [1.29, 1.82) is 0 Å². The molecule has 22 heavy (non-hydrogen) atoms. The smallest absolute Gasteiger partial charge is 0.160 e. The van der Waals surface area contributed by atoms with Gasteiger partial charge in [-0.3, -0.25) is 0 Å². The Morgan fingerprint density at radius 3 is 2.59 bits per heavy atom. The van der Waals surface area contributed by atoms with Crippen LogP contribution in [0.25, 0.3) is 5.65 Å². The largest absolute Gasteiger partial charge is 0.396 e. The Morgan fingerprint density at radius 2 is 1.95 bits per heavy atom. The third-order valence-corrected chi connectivity index (χ3v) is 5.13. The summed E-state index contributed by atoms with van der Waals surface area (Å²) >= 11 is 0. The topological polar surface area (TPSA) is 53.7 Å². The highest BCUT2D eigenvalue weighted by atomic mass is 16.3. The molecule has 0 aliphatic heterocycles. The first kappa shape index (κ1) is 15.3. The van der Waals surface area contributed by atoms with Crippen molar-refractivity contribution in [3.63, 3.8) is 0 Å². The lowest BCUT2D eigenvalue weighted by atomic mass is 9.87. The summed E-state index contributed by atoms with van der Waals surface area (Å²) in [5, 5.41) is 14.5. The van der Waals surface area contributed by atoms with E-state index in [0.29, 0.717) is 0 Å². The van der Waals surface area contributed by atoms with Crippen LogP contribution >= 0.6 is 0 Å². The Bertz CT molecular complexity index is 686. The number of fused-ring (bicyclic) bond motifs is 1. The maximum absolute atomic E-state index is 9.87. The summed E-state index contributed by atoms with van der Waals surface area (Å²) in [6, 6.07) is 2.08. The maximum atomic E-state index is 9.87. The van der Waals surface area contributed by atoms with Gasteiger partial charge in [0.15, 0.2) is 5.65 Å². The average molecular weight is 302 g/mol. The molecule has 5 heteroatoms. The van der Waals surface area contributed by atoms with Crippen LogP contribution in [-0.4, -0.2) is 39.9 Å². The normalized spacial score (nSPS) is 17.3. The van der Waals surface area contributed by atoms with Crippen molar-refractivity contribution >= 4 is 11.5 Å². The molecule has 120 valence electrons. The molecule has 1 N–H and O–H groups in total. The molecular formula is C17H26N4O. The fourth-order valence-electron chi connectivity index (χ4n) is 3.68. The molecule has 1 aliphatic rings. The van der Waals surface area contributed by atoms with Crippen LogP contribution in [0.5, 0.6) is 0 Å². The fraction of sp³-hybridized carbons (Fsp3) is 0.647. The Labute approximate surface area is 132 Å². The standard InChI is InChI=1S/C17H26N4O/c1-12-9-15(21-16(18-12)13(2)14(3)19-21)20(4)10-17(11-22)7-5-6-8-17/h9,22H,5-8,10-11H2,1-4H3. The molecule has 1 aliphatic carbocycles. The van der Waals surface area contributed by atoms with Gasteiger partial charge in [-0.2, -0.15) is 9.61 Å². The van der Waals surface area contributed by atoms with Crippen LogP contribution in [0.2, 0.25) is 0 Å². The van der Waals surface area contributed by atoms with E-state index >= 15 is 0 Å². The molecule has 5 nitrogen and oxygen atoms in total. The van der Waals surface area contributed by atoms with E-state index < -0.39 is 0 Å². The van der Waals surface area contributed by atoms with Crippen molar-refractivity contribution in [3.8, 4) is 0 Å². The molecule has 0 radical (unpaired) electrons. The lowest BCUT2D eigenvalue weighted by molar-refractivity contribution is 0.136. The number of aliphatic hydroxyl groups is 1. The molecule has 3 rings (SSSR count). The van der Waals surface area contributed by atoms with Crippen LogP contribution in [0.1, 0.15) is 42.6 Å². The summed E-state index contributed by atoms with van der Waals surface area (Å²) in [5.41, 5.74) is 4.13. The van der Waals surface area contributed by atoms with Crippen LogP contribution in [0, 0.1) is 26.2 Å². The second kappa shape index (κ2) is 5.54. The Morgan fingerprint density at radius 1 is 1.27 bits per heavy atom. The van der Waals surface area contributed by atoms with Crippen molar-refractivity contribution in [2.24, 2.45) is 5.41 Å². The van der Waals surface area contributed by atoms with Crippen LogP contribution in [0.15, 0.2) is 6.07 Å². The SMILES string of the molecule is Cc1cc(N(C)CC2(CO)CCCC2)n2nc(C)c(C)c2n1. The minimum absolute atomic E-state index is 0.0372. The fourth-order valence-corrected chi connectivity index (χ4v) is 3.68. The predicted molar refractivity (Wildman–Crippen MR) is 88.5 cm³/mol. The molecule has 0 amide bonds. The molecule has 2 aromatic heterocycles. The molecule has 0 atom stereocenters. The summed E-state index contributed by atoms with van der Waals surface area (Å²) < 4.78 is 1.94. The van der Waals surface area contributed by atoms with E-state index in [9.17, 15) is 5.11 Å². The molecule has 1 fully saturated rings. The first-order valence-electron chi connectivity index (χ1n) is 8.11. The highest BCUT2D eigenvalue weighted by Crippen LogP contribution is 2.39. The molecule has 0 unspecified atom stereocenters. The van der Waals surface area contributed by atoms with Crippen molar-refractivity contribution in [2.75, 3.05) is 25.1 Å². The zero-order chi connectivity index (χ0) is 15.9. The molecule has 2 heterocycles. The van der Waals surface area contributed by atoms with Crippen LogP contribution in [0.4, 0.5) is 5.82 Å². The number of aromatic nitrogens is 3. The quantitative estimate of drug-likeness (QED) is 0.943. The lowest BCUT2D eigenvalue weighted by Crippen LogP contribution is -2.37. The van der Waals surface area contributed by atoms with E-state index in [0.717, 1.165) is 47.8 Å². The zero-order valence-electron chi connectivity index (χ0n) is 14.1. The van der Waals surface area contributed by atoms with E-state index in [1.165, 1.54) is 12.8 Å². The van der Waals surface area contributed by atoms with Gasteiger partial charge in [0, 0.05) is 36.3 Å². The summed E-state index contributed by atoms with van der Waals surface area (Å²) in [6.45, 7) is 7.24. The van der Waals surface area contributed by atoms with Gasteiger partial charge in [0.1, 0.15) is 5.82 Å². The van der Waals surface area contributed by atoms with Crippen molar-refractivity contribution < 1.29 is 5.11 Å². The van der Waals surface area contributed by atoms with Gasteiger partial charge in [-0.1, -0.05) is 12.8 Å². The van der Waals surface area contributed by atoms with E-state index in [1.54, 1.807) is 0 Å². The highest BCUT2D eigenvalue weighted by Gasteiger charge is 2.34. The molecule has 0 aromatic carbocycles. The number of hydrogen-bond acceptors (Lipinski definition) is 4. The Kier molecular flexibility index (Phi) is 3.85. The second-order valence-corrected chi connectivity index (χ2v) is 6.92. The van der Waals surface area contributed by atoms with E-state index in [1.807, 2.05) is 18.4 Å². The zero-order valence-corrected chi connectivity index (χ0v) is 14.1. The van der Waals surface area contributed by atoms with Crippen molar-refractivity contribution in [2.45, 2.75) is 46.5 Å². The highest BCUT2D eigenvalue weighted by molar-refractivity contribution is 5.56. The third kappa shape index (κ3) is 2.47. The van der Waals surface area contributed by atoms with Gasteiger partial charge in [-0.15, -0.1) is 0 Å². The summed E-state index contributed by atoms with van der Waals surface area (Å²) in [6.07, 6.45) is 4.66. The Hall–Kier alpha value is -1.62. The van der Waals surface area contributed by atoms with Crippen molar-refractivity contribution in [3.05, 3.63) is 23.0 Å². The number of anilines is 1. The van der Waals surface area contributed by atoms with Crippen LogP contribution in [0.3, 0.4) is 0 Å². The predicted octanol–water partition coefficient (Wildman–Crippen LogP) is 2.64. The number of nitrogens with zero attached hydrogens (tertiary/aromatic N) is 4. The van der Waals surface area contributed by atoms with Gasteiger partial charge in [-0.25, -0.2) is 4.98 Å². The number of aryl methyl sites for hydroxylation is 3. The van der Waals surface area contributed by atoms with E-state index in [4.69, 9.17) is 0 Å². The van der Waals surface area contributed by atoms with E-state index in [2.05, 4.69) is 35.0 Å². The van der Waals surface area contributed by atoms with Gasteiger partial charge < -0.3 is 10.0 Å². The number of rotatable bonds is 4. The van der Waals surface area contributed by atoms with Crippen molar-refractivity contribution in [1.82, 2.24) is 14.6 Å². The summed E-state index contributed by atoms with van der Waals surface area (Å²) in [4.78, 5) is 6.86. The lowest BCUT2D eigenvalue weighted by Gasteiger charge is -2.33. The third-order valence-electron chi connectivity index (χ3n) is 5.13. The molecule has 0 spiro atoms. The van der Waals surface area contributed by atoms with Crippen LogP contribution in [-0.2, 0) is 0 Å². The monoisotopic (exact) mass is 302 g/mol. The summed E-state index contributed by atoms with van der Waals surface area (Å²) in [7, 11) is 2.09. The molecular weight excluding hydrogens is 276 g/mol. The van der Waals surface area contributed by atoms with Crippen LogP contribution < -0.4 is 4.90 Å². The average Bonchev–Trinajstić information content (AvgIpc) is 3.06. The molecule has 0 saturated heterocycles.